The third-order valence-corrected chi connectivity index (χ3v) is 4.47. The van der Waals surface area contributed by atoms with E-state index in [0.29, 0.717) is 12.8 Å². The molecule has 1 aliphatic carbocycles. The van der Waals surface area contributed by atoms with Gasteiger partial charge in [0.25, 0.3) is 0 Å². The summed E-state index contributed by atoms with van der Waals surface area (Å²) in [6, 6.07) is 0. The van der Waals surface area contributed by atoms with Crippen molar-refractivity contribution in [2.75, 3.05) is 6.26 Å². The van der Waals surface area contributed by atoms with Crippen LogP contribution in [-0.2, 0) is 9.84 Å². The van der Waals surface area contributed by atoms with Crippen LogP contribution in [0.3, 0.4) is 0 Å². The van der Waals surface area contributed by atoms with E-state index in [1.54, 1.807) is 0 Å². The number of aliphatic hydroxyl groups excluding tert-OH is 1. The second-order valence-electron chi connectivity index (χ2n) is 3.01. The fraction of sp³-hybridized carbons (Fsp3) is 1.00. The maximum Gasteiger partial charge on any atom is 0.155 e. The molecule has 0 aromatic heterocycles. The summed E-state index contributed by atoms with van der Waals surface area (Å²) in [5.74, 6) is 0. The highest BCUT2D eigenvalue weighted by atomic mass is 32.2. The van der Waals surface area contributed by atoms with Gasteiger partial charge in [-0.3, -0.25) is 0 Å². The summed E-state index contributed by atoms with van der Waals surface area (Å²) in [5, 5.41) is 9.10. The molecule has 0 aromatic rings. The van der Waals surface area contributed by atoms with Gasteiger partial charge in [-0.2, -0.15) is 0 Å². The molecule has 60 valence electrons. The van der Waals surface area contributed by atoms with Crippen LogP contribution >= 0.6 is 0 Å². The minimum absolute atomic E-state index is 0.615. The van der Waals surface area contributed by atoms with Gasteiger partial charge in [0.2, 0.25) is 0 Å². The first-order valence-corrected chi connectivity index (χ1v) is 5.17. The SMILES string of the molecule is CC(O)C1(S(C)(=O)=O)CC1. The van der Waals surface area contributed by atoms with Gasteiger partial charge < -0.3 is 5.11 Å². The van der Waals surface area contributed by atoms with Crippen molar-refractivity contribution in [2.45, 2.75) is 30.6 Å². The van der Waals surface area contributed by atoms with Gasteiger partial charge >= 0.3 is 0 Å². The van der Waals surface area contributed by atoms with Gasteiger partial charge in [0.05, 0.1) is 10.9 Å². The molecule has 0 bridgehead atoms. The van der Waals surface area contributed by atoms with E-state index in [1.807, 2.05) is 0 Å². The Labute approximate surface area is 61.0 Å². The largest absolute Gasteiger partial charge is 0.392 e. The van der Waals surface area contributed by atoms with Crippen LogP contribution in [0.5, 0.6) is 0 Å². The molecule has 0 aromatic carbocycles. The lowest BCUT2D eigenvalue weighted by Gasteiger charge is -2.15. The molecule has 1 N–H and O–H groups in total. The zero-order chi connectivity index (χ0) is 7.99. The van der Waals surface area contributed by atoms with E-state index >= 15 is 0 Å². The Bertz CT molecular complexity index is 223. The van der Waals surface area contributed by atoms with Crippen LogP contribution in [0.15, 0.2) is 0 Å². The highest BCUT2D eigenvalue weighted by Gasteiger charge is 2.55. The first-order chi connectivity index (χ1) is 4.40. The normalized spacial score (nSPS) is 25.9. The first kappa shape index (κ1) is 8.01. The van der Waals surface area contributed by atoms with E-state index in [2.05, 4.69) is 0 Å². The Kier molecular flexibility index (Phi) is 1.56. The van der Waals surface area contributed by atoms with E-state index in [-0.39, 0.29) is 0 Å². The number of hydrogen-bond acceptors (Lipinski definition) is 3. The summed E-state index contributed by atoms with van der Waals surface area (Å²) in [6.45, 7) is 1.54. The molecule has 1 fully saturated rings. The Balaban J connectivity index is 2.91. The maximum atomic E-state index is 11.0. The lowest BCUT2D eigenvalue weighted by molar-refractivity contribution is 0.180. The van der Waals surface area contributed by atoms with Gasteiger partial charge in [0, 0.05) is 6.26 Å². The van der Waals surface area contributed by atoms with Crippen molar-refractivity contribution >= 4 is 9.84 Å². The fourth-order valence-corrected chi connectivity index (χ4v) is 2.68. The summed E-state index contributed by atoms with van der Waals surface area (Å²) >= 11 is 0. The van der Waals surface area contributed by atoms with Gasteiger partial charge in [0.15, 0.2) is 9.84 Å². The van der Waals surface area contributed by atoms with Crippen LogP contribution in [0.1, 0.15) is 19.8 Å². The fourth-order valence-electron chi connectivity index (χ4n) is 1.22. The number of aliphatic hydroxyl groups is 1. The Hall–Kier alpha value is -0.0900. The van der Waals surface area contributed by atoms with Crippen LogP contribution in [0.2, 0.25) is 0 Å². The third-order valence-electron chi connectivity index (χ3n) is 2.24. The number of hydrogen-bond donors (Lipinski definition) is 1. The molecule has 0 amide bonds. The van der Waals surface area contributed by atoms with Gasteiger partial charge in [-0.1, -0.05) is 0 Å². The zero-order valence-electron chi connectivity index (χ0n) is 6.16. The highest BCUT2D eigenvalue weighted by Crippen LogP contribution is 2.45. The van der Waals surface area contributed by atoms with E-state index in [0.717, 1.165) is 0 Å². The smallest absolute Gasteiger partial charge is 0.155 e. The standard InChI is InChI=1S/C6H12O3S/c1-5(7)6(3-4-6)10(2,8)9/h5,7H,3-4H2,1-2H3. The van der Waals surface area contributed by atoms with Gasteiger partial charge in [-0.25, -0.2) is 8.42 Å². The van der Waals surface area contributed by atoms with Gasteiger partial charge in [0.1, 0.15) is 0 Å². The monoisotopic (exact) mass is 164 g/mol. The van der Waals surface area contributed by atoms with Crippen LogP contribution in [-0.4, -0.2) is 30.6 Å². The lowest BCUT2D eigenvalue weighted by atomic mass is 10.3. The Morgan fingerprint density at radius 2 is 1.90 bits per heavy atom. The molecule has 0 aliphatic heterocycles. The quantitative estimate of drug-likeness (QED) is 0.622. The van der Waals surface area contributed by atoms with E-state index in [1.165, 1.54) is 13.2 Å². The molecule has 4 heteroatoms. The van der Waals surface area contributed by atoms with Crippen molar-refractivity contribution in [3.63, 3.8) is 0 Å². The zero-order valence-corrected chi connectivity index (χ0v) is 6.98. The number of rotatable bonds is 2. The van der Waals surface area contributed by atoms with Gasteiger partial charge in [-0.05, 0) is 19.8 Å². The minimum Gasteiger partial charge on any atom is -0.392 e. The lowest BCUT2D eigenvalue weighted by Crippen LogP contribution is -2.33. The van der Waals surface area contributed by atoms with Gasteiger partial charge in [-0.15, -0.1) is 0 Å². The minimum atomic E-state index is -3.04. The molecule has 1 rings (SSSR count). The molecule has 0 heterocycles. The van der Waals surface area contributed by atoms with E-state index in [9.17, 15) is 8.42 Å². The average Bonchev–Trinajstić information content (AvgIpc) is 2.36. The van der Waals surface area contributed by atoms with Crippen LogP contribution < -0.4 is 0 Å². The molecule has 1 saturated carbocycles. The maximum absolute atomic E-state index is 11.0. The molecule has 10 heavy (non-hydrogen) atoms. The average molecular weight is 164 g/mol. The second kappa shape index (κ2) is 1.95. The van der Waals surface area contributed by atoms with Crippen molar-refractivity contribution in [3.8, 4) is 0 Å². The molecule has 1 aliphatic rings. The molecular weight excluding hydrogens is 152 g/mol. The Morgan fingerprint density at radius 1 is 1.50 bits per heavy atom. The predicted molar refractivity (Wildman–Crippen MR) is 38.5 cm³/mol. The van der Waals surface area contributed by atoms with Crippen molar-refractivity contribution in [2.24, 2.45) is 0 Å². The van der Waals surface area contributed by atoms with Crippen molar-refractivity contribution in [1.29, 1.82) is 0 Å². The summed E-state index contributed by atoms with van der Waals surface area (Å²) < 4.78 is 21.2. The van der Waals surface area contributed by atoms with Crippen molar-refractivity contribution in [1.82, 2.24) is 0 Å². The summed E-state index contributed by atoms with van der Waals surface area (Å²) in [6.07, 6.45) is 1.70. The summed E-state index contributed by atoms with van der Waals surface area (Å²) in [4.78, 5) is 0. The number of sulfone groups is 1. The second-order valence-corrected chi connectivity index (χ2v) is 5.37. The third kappa shape index (κ3) is 0.953. The molecule has 1 atom stereocenters. The predicted octanol–water partition coefficient (Wildman–Crippen LogP) is -0.0556. The van der Waals surface area contributed by atoms with Crippen LogP contribution in [0.25, 0.3) is 0 Å². The molecule has 1 unspecified atom stereocenters. The molecular formula is C6H12O3S. The summed E-state index contributed by atoms with van der Waals surface area (Å²) in [7, 11) is -3.04. The molecule has 3 nitrogen and oxygen atoms in total. The highest BCUT2D eigenvalue weighted by molar-refractivity contribution is 7.92. The molecule has 0 saturated heterocycles. The Morgan fingerprint density at radius 3 is 1.90 bits per heavy atom. The molecule has 0 radical (unpaired) electrons. The van der Waals surface area contributed by atoms with Crippen molar-refractivity contribution < 1.29 is 13.5 Å². The van der Waals surface area contributed by atoms with Crippen LogP contribution in [0, 0.1) is 0 Å². The summed E-state index contributed by atoms with van der Waals surface area (Å²) in [5.41, 5.74) is 0. The van der Waals surface area contributed by atoms with Crippen molar-refractivity contribution in [3.05, 3.63) is 0 Å². The van der Waals surface area contributed by atoms with Crippen LogP contribution in [0.4, 0.5) is 0 Å². The first-order valence-electron chi connectivity index (χ1n) is 3.28. The van der Waals surface area contributed by atoms with E-state index < -0.39 is 20.7 Å². The topological polar surface area (TPSA) is 54.4 Å². The van der Waals surface area contributed by atoms with E-state index in [4.69, 9.17) is 5.11 Å². The molecule has 0 spiro atoms.